The number of nitrogens with zero attached hydrogens (tertiary/aromatic N) is 2. The molecule has 0 saturated carbocycles. The molecule has 0 spiro atoms. The summed E-state index contributed by atoms with van der Waals surface area (Å²) >= 11 is 1.27. The topological polar surface area (TPSA) is 53.4 Å². The van der Waals surface area contributed by atoms with Crippen LogP contribution in [0.4, 0.5) is 5.00 Å². The van der Waals surface area contributed by atoms with Gasteiger partial charge in [0.15, 0.2) is 6.23 Å². The van der Waals surface area contributed by atoms with Crippen LogP contribution in [0.5, 0.6) is 0 Å². The molecule has 1 unspecified atom stereocenters. The molecule has 1 amide bonds. The van der Waals surface area contributed by atoms with Crippen LogP contribution in [0.15, 0.2) is 17.2 Å². The van der Waals surface area contributed by atoms with Gasteiger partial charge < -0.3 is 5.11 Å². The Hall–Kier alpha value is -1.20. The summed E-state index contributed by atoms with van der Waals surface area (Å²) in [5, 5.41) is 10.7. The molecule has 17 heavy (non-hydrogen) atoms. The standard InChI is InChI=1S/C12H16N2O2S/c1-4-5-9-6-10(17-13-9)14-11(15)7(2)8(3)12(14)16/h6,11,15H,4-5H2,1-3H3. The minimum absolute atomic E-state index is 0.123. The van der Waals surface area contributed by atoms with Crippen molar-refractivity contribution in [1.29, 1.82) is 0 Å². The summed E-state index contributed by atoms with van der Waals surface area (Å²) in [6.07, 6.45) is 1.09. The van der Waals surface area contributed by atoms with E-state index in [9.17, 15) is 9.90 Å². The molecule has 2 rings (SSSR count). The van der Waals surface area contributed by atoms with Crippen molar-refractivity contribution in [3.63, 3.8) is 0 Å². The van der Waals surface area contributed by atoms with Gasteiger partial charge in [0.1, 0.15) is 5.00 Å². The monoisotopic (exact) mass is 252 g/mol. The van der Waals surface area contributed by atoms with Gasteiger partial charge in [-0.05, 0) is 43.4 Å². The average Bonchev–Trinajstić information content (AvgIpc) is 2.82. The van der Waals surface area contributed by atoms with Crippen molar-refractivity contribution in [1.82, 2.24) is 4.37 Å². The summed E-state index contributed by atoms with van der Waals surface area (Å²) in [5.74, 6) is -0.123. The largest absolute Gasteiger partial charge is 0.369 e. The van der Waals surface area contributed by atoms with E-state index in [-0.39, 0.29) is 5.91 Å². The number of aliphatic hydroxyl groups is 1. The molecule has 92 valence electrons. The van der Waals surface area contributed by atoms with Crippen LogP contribution in [0.25, 0.3) is 0 Å². The molecule has 4 nitrogen and oxygen atoms in total. The second-order valence-corrected chi connectivity index (χ2v) is 5.05. The van der Waals surface area contributed by atoms with Gasteiger partial charge >= 0.3 is 0 Å². The van der Waals surface area contributed by atoms with Crippen LogP contribution < -0.4 is 4.90 Å². The number of amides is 1. The van der Waals surface area contributed by atoms with Gasteiger partial charge in [0.25, 0.3) is 5.91 Å². The zero-order valence-corrected chi connectivity index (χ0v) is 11.0. The smallest absolute Gasteiger partial charge is 0.257 e. The molecule has 1 aliphatic heterocycles. The highest BCUT2D eigenvalue weighted by Gasteiger charge is 2.35. The Bertz CT molecular complexity index is 479. The van der Waals surface area contributed by atoms with E-state index < -0.39 is 6.23 Å². The summed E-state index contributed by atoms with van der Waals surface area (Å²) in [7, 11) is 0. The van der Waals surface area contributed by atoms with E-state index in [0.29, 0.717) is 5.57 Å². The number of hydrogen-bond donors (Lipinski definition) is 1. The SMILES string of the molecule is CCCc1cc(N2C(=O)C(C)=C(C)C2O)sn1. The Morgan fingerprint density at radius 3 is 2.76 bits per heavy atom. The van der Waals surface area contributed by atoms with Crippen LogP contribution in [-0.4, -0.2) is 21.6 Å². The molecule has 1 aliphatic rings. The van der Waals surface area contributed by atoms with E-state index in [1.54, 1.807) is 13.8 Å². The van der Waals surface area contributed by atoms with Crippen LogP contribution in [-0.2, 0) is 11.2 Å². The molecule has 1 aromatic heterocycles. The van der Waals surface area contributed by atoms with E-state index in [1.807, 2.05) is 6.07 Å². The maximum Gasteiger partial charge on any atom is 0.257 e. The fraction of sp³-hybridized carbons (Fsp3) is 0.500. The maximum atomic E-state index is 12.0. The molecule has 1 N–H and O–H groups in total. The lowest BCUT2D eigenvalue weighted by molar-refractivity contribution is -0.115. The van der Waals surface area contributed by atoms with Gasteiger partial charge in [0.2, 0.25) is 0 Å². The van der Waals surface area contributed by atoms with Gasteiger partial charge in [-0.3, -0.25) is 9.69 Å². The minimum Gasteiger partial charge on any atom is -0.369 e. The maximum absolute atomic E-state index is 12.0. The first kappa shape index (κ1) is 12.3. The first-order chi connectivity index (χ1) is 8.06. The Balaban J connectivity index is 2.26. The first-order valence-electron chi connectivity index (χ1n) is 5.70. The van der Waals surface area contributed by atoms with Crippen molar-refractivity contribution >= 4 is 22.4 Å². The summed E-state index contributed by atoms with van der Waals surface area (Å²) in [5.41, 5.74) is 2.33. The number of carbonyl (C=O) groups excluding carboxylic acids is 1. The van der Waals surface area contributed by atoms with Crippen molar-refractivity contribution < 1.29 is 9.90 Å². The molecule has 0 aromatic carbocycles. The number of carbonyl (C=O) groups is 1. The Morgan fingerprint density at radius 2 is 2.24 bits per heavy atom. The third kappa shape index (κ3) is 2.00. The second-order valence-electron chi connectivity index (χ2n) is 4.26. The highest BCUT2D eigenvalue weighted by atomic mass is 32.1. The predicted molar refractivity (Wildman–Crippen MR) is 68.0 cm³/mol. The third-order valence-electron chi connectivity index (χ3n) is 3.05. The number of aliphatic hydroxyl groups excluding tert-OH is 1. The average molecular weight is 252 g/mol. The van der Waals surface area contributed by atoms with Crippen LogP contribution in [0.2, 0.25) is 0 Å². The van der Waals surface area contributed by atoms with Gasteiger partial charge in [-0.1, -0.05) is 13.3 Å². The molecule has 2 heterocycles. The summed E-state index contributed by atoms with van der Waals surface area (Å²) in [6.45, 7) is 5.62. The van der Waals surface area contributed by atoms with Gasteiger partial charge in [0.05, 0.1) is 5.69 Å². The van der Waals surface area contributed by atoms with Crippen molar-refractivity contribution in [3.8, 4) is 0 Å². The molecule has 0 saturated heterocycles. The van der Waals surface area contributed by atoms with Crippen molar-refractivity contribution in [3.05, 3.63) is 22.9 Å². The quantitative estimate of drug-likeness (QED) is 0.896. The highest BCUT2D eigenvalue weighted by Crippen LogP contribution is 2.32. The number of rotatable bonds is 3. The molecule has 0 radical (unpaired) electrons. The van der Waals surface area contributed by atoms with Crippen LogP contribution in [0.3, 0.4) is 0 Å². The van der Waals surface area contributed by atoms with Gasteiger partial charge in [-0.15, -0.1) is 0 Å². The Labute approximate surface area is 105 Å². The number of aryl methyl sites for hydroxylation is 1. The number of hydrogen-bond acceptors (Lipinski definition) is 4. The summed E-state index contributed by atoms with van der Waals surface area (Å²) in [6, 6.07) is 1.89. The van der Waals surface area contributed by atoms with Crippen molar-refractivity contribution in [2.75, 3.05) is 4.90 Å². The van der Waals surface area contributed by atoms with Crippen molar-refractivity contribution in [2.45, 2.75) is 39.8 Å². The zero-order valence-electron chi connectivity index (χ0n) is 10.2. The lowest BCUT2D eigenvalue weighted by Gasteiger charge is -2.19. The van der Waals surface area contributed by atoms with Gasteiger partial charge in [-0.25, -0.2) is 0 Å². The summed E-state index contributed by atoms with van der Waals surface area (Å²) < 4.78 is 4.29. The Kier molecular flexibility index (Phi) is 3.31. The molecule has 0 fully saturated rings. The molecule has 0 aliphatic carbocycles. The van der Waals surface area contributed by atoms with E-state index in [4.69, 9.17) is 0 Å². The lowest BCUT2D eigenvalue weighted by Crippen LogP contribution is -2.34. The molecular formula is C12H16N2O2S. The van der Waals surface area contributed by atoms with Crippen LogP contribution in [0.1, 0.15) is 32.9 Å². The Morgan fingerprint density at radius 1 is 1.53 bits per heavy atom. The molecule has 5 heteroatoms. The fourth-order valence-electron chi connectivity index (χ4n) is 1.86. The van der Waals surface area contributed by atoms with Gasteiger partial charge in [-0.2, -0.15) is 4.37 Å². The normalized spacial score (nSPS) is 20.6. The predicted octanol–water partition coefficient (Wildman–Crippen LogP) is 2.10. The number of aromatic nitrogens is 1. The molecular weight excluding hydrogens is 236 g/mol. The lowest BCUT2D eigenvalue weighted by atomic mass is 10.2. The zero-order chi connectivity index (χ0) is 12.6. The molecule has 1 aromatic rings. The van der Waals surface area contributed by atoms with Crippen molar-refractivity contribution in [2.24, 2.45) is 0 Å². The molecule has 0 bridgehead atoms. The van der Waals surface area contributed by atoms with E-state index in [0.717, 1.165) is 29.1 Å². The van der Waals surface area contributed by atoms with E-state index in [1.165, 1.54) is 16.4 Å². The summed E-state index contributed by atoms with van der Waals surface area (Å²) in [4.78, 5) is 13.4. The highest BCUT2D eigenvalue weighted by molar-refractivity contribution is 7.10. The molecule has 1 atom stereocenters. The minimum atomic E-state index is -0.836. The van der Waals surface area contributed by atoms with E-state index >= 15 is 0 Å². The van der Waals surface area contributed by atoms with Gasteiger partial charge in [0, 0.05) is 5.57 Å². The first-order valence-corrected chi connectivity index (χ1v) is 6.48. The number of anilines is 1. The second kappa shape index (κ2) is 4.58. The third-order valence-corrected chi connectivity index (χ3v) is 3.88. The van der Waals surface area contributed by atoms with Crippen LogP contribution >= 0.6 is 11.5 Å². The fourth-order valence-corrected chi connectivity index (χ4v) is 2.67. The van der Waals surface area contributed by atoms with Crippen LogP contribution in [0, 0.1) is 0 Å². The van der Waals surface area contributed by atoms with E-state index in [2.05, 4.69) is 11.3 Å².